The standard InChI is InChI=1S/C20H31NO2/c1-5-9-15(2)19(18-10-7-6-8-11-18)20(22)21-13-17(14-23-4)12-16(21)3/h6-8,10-11,15-17,19H,5,9,12-14H2,1-4H3/t15?,16-,17?,19?/m1/s1. The van der Waals surface area contributed by atoms with Gasteiger partial charge < -0.3 is 9.64 Å². The highest BCUT2D eigenvalue weighted by molar-refractivity contribution is 5.84. The first-order chi connectivity index (χ1) is 11.1. The predicted molar refractivity (Wildman–Crippen MR) is 94.4 cm³/mol. The monoisotopic (exact) mass is 317 g/mol. The van der Waals surface area contributed by atoms with Crippen molar-refractivity contribution in [2.75, 3.05) is 20.3 Å². The van der Waals surface area contributed by atoms with Crippen molar-refractivity contribution in [3.05, 3.63) is 35.9 Å². The Balaban J connectivity index is 2.20. The molecule has 0 aliphatic carbocycles. The third-order valence-electron chi connectivity index (χ3n) is 5.08. The predicted octanol–water partition coefficient (Wildman–Crippen LogP) is 4.09. The Bertz CT molecular complexity index is 488. The van der Waals surface area contributed by atoms with Crippen molar-refractivity contribution in [3.8, 4) is 0 Å². The molecule has 0 N–H and O–H groups in total. The number of methoxy groups -OCH3 is 1. The molecule has 0 saturated carbocycles. The van der Waals surface area contributed by atoms with Gasteiger partial charge in [0, 0.05) is 25.6 Å². The normalized spacial score (nSPS) is 23.7. The Morgan fingerprint density at radius 3 is 2.65 bits per heavy atom. The average molecular weight is 317 g/mol. The van der Waals surface area contributed by atoms with Crippen LogP contribution in [0.15, 0.2) is 30.3 Å². The highest BCUT2D eigenvalue weighted by Gasteiger charge is 2.37. The lowest BCUT2D eigenvalue weighted by molar-refractivity contribution is -0.134. The Morgan fingerprint density at radius 1 is 1.35 bits per heavy atom. The first-order valence-electron chi connectivity index (χ1n) is 8.92. The van der Waals surface area contributed by atoms with Crippen molar-refractivity contribution in [3.63, 3.8) is 0 Å². The minimum absolute atomic E-state index is 0.0279. The lowest BCUT2D eigenvalue weighted by Crippen LogP contribution is -2.39. The maximum atomic E-state index is 13.3. The van der Waals surface area contributed by atoms with E-state index in [-0.39, 0.29) is 5.92 Å². The van der Waals surface area contributed by atoms with Crippen LogP contribution in [0.4, 0.5) is 0 Å². The molecule has 0 bridgehead atoms. The van der Waals surface area contributed by atoms with Gasteiger partial charge in [0.25, 0.3) is 0 Å². The summed E-state index contributed by atoms with van der Waals surface area (Å²) in [7, 11) is 1.74. The van der Waals surface area contributed by atoms with Crippen molar-refractivity contribution in [1.29, 1.82) is 0 Å². The second-order valence-corrected chi connectivity index (χ2v) is 7.05. The van der Waals surface area contributed by atoms with Crippen molar-refractivity contribution in [2.24, 2.45) is 11.8 Å². The van der Waals surface area contributed by atoms with Gasteiger partial charge in [0.15, 0.2) is 0 Å². The first-order valence-corrected chi connectivity index (χ1v) is 8.92. The number of hydrogen-bond donors (Lipinski definition) is 0. The summed E-state index contributed by atoms with van der Waals surface area (Å²) in [5.74, 6) is 1.10. The summed E-state index contributed by atoms with van der Waals surface area (Å²) in [6, 6.07) is 10.6. The number of rotatable bonds is 7. The molecule has 1 saturated heterocycles. The number of benzene rings is 1. The zero-order valence-electron chi connectivity index (χ0n) is 15.0. The average Bonchev–Trinajstić information content (AvgIpc) is 2.90. The van der Waals surface area contributed by atoms with Crippen molar-refractivity contribution in [1.82, 2.24) is 4.90 Å². The van der Waals surface area contributed by atoms with Crippen LogP contribution in [0.1, 0.15) is 51.5 Å². The van der Waals surface area contributed by atoms with Crippen molar-refractivity contribution in [2.45, 2.75) is 52.0 Å². The Morgan fingerprint density at radius 2 is 2.04 bits per heavy atom. The highest BCUT2D eigenvalue weighted by atomic mass is 16.5. The Labute approximate surface area is 141 Å². The molecule has 1 amide bonds. The molecular formula is C20H31NO2. The van der Waals surface area contributed by atoms with Crippen LogP contribution in [0.5, 0.6) is 0 Å². The molecule has 3 nitrogen and oxygen atoms in total. The van der Waals surface area contributed by atoms with E-state index in [2.05, 4.69) is 37.8 Å². The quantitative estimate of drug-likeness (QED) is 0.758. The van der Waals surface area contributed by atoms with Gasteiger partial charge in [0.05, 0.1) is 12.5 Å². The molecule has 1 fully saturated rings. The van der Waals surface area contributed by atoms with E-state index in [4.69, 9.17) is 4.74 Å². The minimum atomic E-state index is -0.0279. The van der Waals surface area contributed by atoms with Gasteiger partial charge in [-0.2, -0.15) is 0 Å². The number of hydrogen-bond acceptors (Lipinski definition) is 2. The van der Waals surface area contributed by atoms with Gasteiger partial charge in [0.2, 0.25) is 5.91 Å². The fraction of sp³-hybridized carbons (Fsp3) is 0.650. The molecule has 3 unspecified atom stereocenters. The van der Waals surface area contributed by atoms with Gasteiger partial charge in [-0.15, -0.1) is 0 Å². The maximum absolute atomic E-state index is 13.3. The summed E-state index contributed by atoms with van der Waals surface area (Å²) < 4.78 is 5.30. The zero-order valence-corrected chi connectivity index (χ0v) is 15.0. The molecule has 3 heteroatoms. The molecule has 1 aromatic carbocycles. The Hall–Kier alpha value is -1.35. The summed E-state index contributed by atoms with van der Waals surface area (Å²) in [5, 5.41) is 0. The van der Waals surface area contributed by atoms with Crippen LogP contribution in [-0.4, -0.2) is 37.1 Å². The molecule has 1 heterocycles. The molecular weight excluding hydrogens is 286 g/mol. The second-order valence-electron chi connectivity index (χ2n) is 7.05. The number of amides is 1. The van der Waals surface area contributed by atoms with Crippen LogP contribution in [0.25, 0.3) is 0 Å². The van der Waals surface area contributed by atoms with Gasteiger partial charge >= 0.3 is 0 Å². The highest BCUT2D eigenvalue weighted by Crippen LogP contribution is 2.33. The largest absolute Gasteiger partial charge is 0.384 e. The number of ether oxygens (including phenoxy) is 1. The van der Waals surface area contributed by atoms with Crippen LogP contribution >= 0.6 is 0 Å². The molecule has 23 heavy (non-hydrogen) atoms. The topological polar surface area (TPSA) is 29.5 Å². The minimum Gasteiger partial charge on any atom is -0.384 e. The van der Waals surface area contributed by atoms with Crippen LogP contribution in [-0.2, 0) is 9.53 Å². The number of likely N-dealkylation sites (tertiary alicyclic amines) is 1. The SMILES string of the molecule is CCCC(C)C(C(=O)N1CC(COC)C[C@H]1C)c1ccccc1. The van der Waals surface area contributed by atoms with Gasteiger partial charge in [-0.25, -0.2) is 0 Å². The third-order valence-corrected chi connectivity index (χ3v) is 5.08. The molecule has 1 aromatic rings. The van der Waals surface area contributed by atoms with Crippen molar-refractivity contribution >= 4 is 5.91 Å². The van der Waals surface area contributed by atoms with E-state index < -0.39 is 0 Å². The maximum Gasteiger partial charge on any atom is 0.230 e. The summed E-state index contributed by atoms with van der Waals surface area (Å²) in [6.07, 6.45) is 3.23. The van der Waals surface area contributed by atoms with Gasteiger partial charge in [-0.1, -0.05) is 50.6 Å². The van der Waals surface area contributed by atoms with Crippen LogP contribution < -0.4 is 0 Å². The molecule has 0 spiro atoms. The van der Waals surface area contributed by atoms with Gasteiger partial charge in [-0.05, 0) is 31.2 Å². The smallest absolute Gasteiger partial charge is 0.230 e. The zero-order chi connectivity index (χ0) is 16.8. The Kier molecular flexibility index (Phi) is 6.64. The second kappa shape index (κ2) is 8.49. The van der Waals surface area contributed by atoms with Gasteiger partial charge in [-0.3, -0.25) is 4.79 Å². The van der Waals surface area contributed by atoms with E-state index in [1.165, 1.54) is 0 Å². The number of carbonyl (C=O) groups excluding carboxylic acids is 1. The summed E-state index contributed by atoms with van der Waals surface area (Å²) >= 11 is 0. The number of nitrogens with zero attached hydrogens (tertiary/aromatic N) is 1. The molecule has 4 atom stereocenters. The molecule has 2 rings (SSSR count). The van der Waals surface area contributed by atoms with E-state index in [0.717, 1.165) is 38.0 Å². The lowest BCUT2D eigenvalue weighted by Gasteiger charge is -2.31. The lowest BCUT2D eigenvalue weighted by atomic mass is 9.83. The van der Waals surface area contributed by atoms with E-state index in [9.17, 15) is 4.79 Å². The summed E-state index contributed by atoms with van der Waals surface area (Å²) in [5.41, 5.74) is 1.15. The summed E-state index contributed by atoms with van der Waals surface area (Å²) in [6.45, 7) is 8.15. The van der Waals surface area contributed by atoms with E-state index >= 15 is 0 Å². The molecule has 128 valence electrons. The summed E-state index contributed by atoms with van der Waals surface area (Å²) in [4.78, 5) is 15.4. The molecule has 1 aliphatic heterocycles. The van der Waals surface area contributed by atoms with Crippen molar-refractivity contribution < 1.29 is 9.53 Å². The van der Waals surface area contributed by atoms with Crippen LogP contribution in [0, 0.1) is 11.8 Å². The van der Waals surface area contributed by atoms with Crippen LogP contribution in [0.3, 0.4) is 0 Å². The third kappa shape index (κ3) is 4.35. The molecule has 1 aliphatic rings. The van der Waals surface area contributed by atoms with Crippen LogP contribution in [0.2, 0.25) is 0 Å². The van der Waals surface area contributed by atoms with E-state index in [0.29, 0.717) is 23.8 Å². The number of carbonyl (C=O) groups is 1. The van der Waals surface area contributed by atoms with Gasteiger partial charge in [0.1, 0.15) is 0 Å². The molecule has 0 aromatic heterocycles. The fourth-order valence-corrected chi connectivity index (χ4v) is 3.98. The fourth-order valence-electron chi connectivity index (χ4n) is 3.98. The van der Waals surface area contributed by atoms with E-state index in [1.807, 2.05) is 18.2 Å². The first kappa shape index (κ1) is 18.0. The van der Waals surface area contributed by atoms with E-state index in [1.54, 1.807) is 7.11 Å². The molecule has 0 radical (unpaired) electrons.